The average molecular weight is 261 g/mol. The van der Waals surface area contributed by atoms with E-state index >= 15 is 0 Å². The molecule has 0 fully saturated rings. The molecule has 1 heterocycles. The predicted octanol–water partition coefficient (Wildman–Crippen LogP) is 2.39. The van der Waals surface area contributed by atoms with E-state index < -0.39 is 0 Å². The van der Waals surface area contributed by atoms with Crippen molar-refractivity contribution in [3.05, 3.63) is 42.7 Å². The van der Waals surface area contributed by atoms with Gasteiger partial charge in [-0.25, -0.2) is 0 Å². The summed E-state index contributed by atoms with van der Waals surface area (Å²) in [6.45, 7) is 6.64. The SMILES string of the molecule is C=C(NNC(=S)NCC)c1cc2ccccc2o1. The lowest BCUT2D eigenvalue weighted by Gasteiger charge is -2.11. The summed E-state index contributed by atoms with van der Waals surface area (Å²) < 4.78 is 5.66. The fourth-order valence-corrected chi connectivity index (χ4v) is 1.72. The molecule has 2 rings (SSSR count). The van der Waals surface area contributed by atoms with Crippen molar-refractivity contribution in [3.63, 3.8) is 0 Å². The van der Waals surface area contributed by atoms with Gasteiger partial charge in [0.2, 0.25) is 0 Å². The molecule has 1 aromatic heterocycles. The lowest BCUT2D eigenvalue weighted by atomic mass is 10.2. The quantitative estimate of drug-likeness (QED) is 0.583. The number of thiocarbonyl (C=S) groups is 1. The maximum absolute atomic E-state index is 5.66. The first-order chi connectivity index (χ1) is 8.70. The molecule has 0 spiro atoms. The number of hydrogen-bond acceptors (Lipinski definition) is 3. The van der Waals surface area contributed by atoms with E-state index in [1.165, 1.54) is 0 Å². The number of hydrogen-bond donors (Lipinski definition) is 3. The highest BCUT2D eigenvalue weighted by atomic mass is 32.1. The highest BCUT2D eigenvalue weighted by Gasteiger charge is 2.06. The van der Waals surface area contributed by atoms with E-state index in [1.807, 2.05) is 37.3 Å². The maximum Gasteiger partial charge on any atom is 0.185 e. The average Bonchev–Trinajstić information content (AvgIpc) is 2.80. The molecular formula is C13H15N3OS. The summed E-state index contributed by atoms with van der Waals surface area (Å²) in [6.07, 6.45) is 0. The van der Waals surface area contributed by atoms with Gasteiger partial charge in [0.05, 0.1) is 5.70 Å². The normalized spacial score (nSPS) is 10.1. The molecule has 18 heavy (non-hydrogen) atoms. The smallest absolute Gasteiger partial charge is 0.185 e. The molecule has 2 aromatic rings. The largest absolute Gasteiger partial charge is 0.454 e. The van der Waals surface area contributed by atoms with Crippen molar-refractivity contribution in [2.45, 2.75) is 6.92 Å². The van der Waals surface area contributed by atoms with Crippen molar-refractivity contribution in [1.29, 1.82) is 0 Å². The van der Waals surface area contributed by atoms with E-state index in [4.69, 9.17) is 16.6 Å². The summed E-state index contributed by atoms with van der Waals surface area (Å²) in [6, 6.07) is 9.75. The molecule has 0 aliphatic carbocycles. The van der Waals surface area contributed by atoms with Crippen LogP contribution in [0.4, 0.5) is 0 Å². The Morgan fingerprint density at radius 3 is 2.83 bits per heavy atom. The van der Waals surface area contributed by atoms with Crippen LogP contribution in [-0.4, -0.2) is 11.7 Å². The highest BCUT2D eigenvalue weighted by Crippen LogP contribution is 2.21. The third-order valence-corrected chi connectivity index (χ3v) is 2.63. The van der Waals surface area contributed by atoms with Gasteiger partial charge in [0.1, 0.15) is 5.58 Å². The van der Waals surface area contributed by atoms with E-state index in [9.17, 15) is 0 Å². The molecule has 5 heteroatoms. The molecule has 3 N–H and O–H groups in total. The second-order valence-corrected chi connectivity index (χ2v) is 4.14. The van der Waals surface area contributed by atoms with Crippen LogP contribution in [0.25, 0.3) is 16.7 Å². The Bertz CT molecular complexity index is 543. The summed E-state index contributed by atoms with van der Waals surface area (Å²) in [7, 11) is 0. The van der Waals surface area contributed by atoms with Gasteiger partial charge in [-0.2, -0.15) is 0 Å². The van der Waals surface area contributed by atoms with Crippen LogP contribution >= 0.6 is 12.2 Å². The van der Waals surface area contributed by atoms with Gasteiger partial charge in [0.15, 0.2) is 10.9 Å². The molecule has 0 unspecified atom stereocenters. The Hall–Kier alpha value is -2.01. The van der Waals surface area contributed by atoms with Gasteiger partial charge in [-0.3, -0.25) is 10.9 Å². The monoisotopic (exact) mass is 261 g/mol. The summed E-state index contributed by atoms with van der Waals surface area (Å²) >= 11 is 5.03. The van der Waals surface area contributed by atoms with Gasteiger partial charge in [0.25, 0.3) is 0 Å². The van der Waals surface area contributed by atoms with E-state index in [2.05, 4.69) is 22.7 Å². The number of para-hydroxylation sites is 1. The van der Waals surface area contributed by atoms with Crippen LogP contribution < -0.4 is 16.2 Å². The molecule has 0 amide bonds. The first-order valence-corrected chi connectivity index (χ1v) is 6.09. The van der Waals surface area contributed by atoms with Crippen molar-refractivity contribution < 1.29 is 4.42 Å². The van der Waals surface area contributed by atoms with Crippen LogP contribution in [0.3, 0.4) is 0 Å². The molecule has 0 saturated carbocycles. The Morgan fingerprint density at radius 1 is 1.33 bits per heavy atom. The first-order valence-electron chi connectivity index (χ1n) is 5.68. The minimum absolute atomic E-state index is 0.523. The van der Waals surface area contributed by atoms with Gasteiger partial charge < -0.3 is 9.73 Å². The molecule has 0 saturated heterocycles. The van der Waals surface area contributed by atoms with Crippen molar-refractivity contribution in [2.24, 2.45) is 0 Å². The van der Waals surface area contributed by atoms with Gasteiger partial charge in [-0.15, -0.1) is 0 Å². The zero-order valence-corrected chi connectivity index (χ0v) is 10.9. The molecule has 94 valence electrons. The lowest BCUT2D eigenvalue weighted by Crippen LogP contribution is -2.42. The molecule has 4 nitrogen and oxygen atoms in total. The van der Waals surface area contributed by atoms with E-state index in [0.29, 0.717) is 16.6 Å². The van der Waals surface area contributed by atoms with Crippen molar-refractivity contribution >= 4 is 34.0 Å². The molecule has 0 radical (unpaired) electrons. The second-order valence-electron chi connectivity index (χ2n) is 3.74. The van der Waals surface area contributed by atoms with Gasteiger partial charge >= 0.3 is 0 Å². The number of fused-ring (bicyclic) bond motifs is 1. The fraction of sp³-hybridized carbons (Fsp3) is 0.154. The van der Waals surface area contributed by atoms with Crippen LogP contribution in [0.1, 0.15) is 12.7 Å². The van der Waals surface area contributed by atoms with Crippen LogP contribution in [-0.2, 0) is 0 Å². The van der Waals surface area contributed by atoms with Gasteiger partial charge in [0, 0.05) is 11.9 Å². The van der Waals surface area contributed by atoms with E-state index in [1.54, 1.807) is 0 Å². The van der Waals surface area contributed by atoms with Gasteiger partial charge in [-0.1, -0.05) is 24.8 Å². The third kappa shape index (κ3) is 2.81. The number of benzene rings is 1. The van der Waals surface area contributed by atoms with Crippen LogP contribution in [0, 0.1) is 0 Å². The summed E-state index contributed by atoms with van der Waals surface area (Å²) in [5.74, 6) is 0.683. The zero-order chi connectivity index (χ0) is 13.0. The third-order valence-electron chi connectivity index (χ3n) is 2.39. The maximum atomic E-state index is 5.66. The summed E-state index contributed by atoms with van der Waals surface area (Å²) in [5, 5.41) is 4.53. The van der Waals surface area contributed by atoms with E-state index in [-0.39, 0.29) is 0 Å². The van der Waals surface area contributed by atoms with Crippen LogP contribution in [0.2, 0.25) is 0 Å². The summed E-state index contributed by atoms with van der Waals surface area (Å²) in [5.41, 5.74) is 7.21. The Balaban J connectivity index is 2.02. The minimum atomic E-state index is 0.523. The second kappa shape index (κ2) is 5.55. The number of hydrazine groups is 1. The summed E-state index contributed by atoms with van der Waals surface area (Å²) in [4.78, 5) is 0. The van der Waals surface area contributed by atoms with Crippen molar-refractivity contribution in [2.75, 3.05) is 6.54 Å². The zero-order valence-electron chi connectivity index (χ0n) is 10.1. The predicted molar refractivity (Wildman–Crippen MR) is 77.8 cm³/mol. The Morgan fingerprint density at radius 2 is 2.11 bits per heavy atom. The van der Waals surface area contributed by atoms with Crippen molar-refractivity contribution in [3.8, 4) is 0 Å². The minimum Gasteiger partial charge on any atom is -0.454 e. The van der Waals surface area contributed by atoms with E-state index in [0.717, 1.165) is 17.5 Å². The Kier molecular flexibility index (Phi) is 3.84. The fourth-order valence-electron chi connectivity index (χ4n) is 1.53. The first kappa shape index (κ1) is 12.4. The highest BCUT2D eigenvalue weighted by molar-refractivity contribution is 7.80. The van der Waals surface area contributed by atoms with Crippen molar-refractivity contribution in [1.82, 2.24) is 16.2 Å². The lowest BCUT2D eigenvalue weighted by molar-refractivity contribution is 0.589. The number of nitrogens with one attached hydrogen (secondary N) is 3. The van der Waals surface area contributed by atoms with Gasteiger partial charge in [-0.05, 0) is 31.3 Å². The number of rotatable bonds is 4. The van der Waals surface area contributed by atoms with Crippen LogP contribution in [0.5, 0.6) is 0 Å². The molecular weight excluding hydrogens is 246 g/mol. The topological polar surface area (TPSA) is 49.2 Å². The standard InChI is InChI=1S/C13H15N3OS/c1-3-14-13(18)16-15-9(2)12-8-10-6-4-5-7-11(10)17-12/h4-8,15H,2-3H2,1H3,(H2,14,16,18). The molecule has 1 aromatic carbocycles. The molecule has 0 bridgehead atoms. The molecule has 0 aliphatic rings. The molecule has 0 atom stereocenters. The molecule has 0 aliphatic heterocycles. The van der Waals surface area contributed by atoms with Crippen LogP contribution in [0.15, 0.2) is 41.3 Å². The Labute approximate surface area is 111 Å². The number of furan rings is 1.